The fourth-order valence-corrected chi connectivity index (χ4v) is 3.87. The van der Waals surface area contributed by atoms with E-state index in [9.17, 15) is 0 Å². The zero-order chi connectivity index (χ0) is 14.3. The predicted octanol–water partition coefficient (Wildman–Crippen LogP) is 2.55. The minimum atomic E-state index is 0.316. The lowest BCUT2D eigenvalue weighted by Crippen LogP contribution is -2.59. The van der Waals surface area contributed by atoms with Gasteiger partial charge in [-0.15, -0.1) is 0 Å². The maximum Gasteiger partial charge on any atom is 0.0739 e. The van der Waals surface area contributed by atoms with E-state index in [1.165, 1.54) is 23.0 Å². The van der Waals surface area contributed by atoms with Crippen LogP contribution >= 0.6 is 15.9 Å². The number of aromatic nitrogens is 2. The second-order valence-corrected chi connectivity index (χ2v) is 7.28. The molecule has 5 heteroatoms. The van der Waals surface area contributed by atoms with E-state index < -0.39 is 0 Å². The van der Waals surface area contributed by atoms with Gasteiger partial charge in [0.2, 0.25) is 0 Å². The van der Waals surface area contributed by atoms with E-state index in [0.717, 1.165) is 44.3 Å². The summed E-state index contributed by atoms with van der Waals surface area (Å²) in [6, 6.07) is 0. The molecule has 2 heterocycles. The number of hydrogen-bond donors (Lipinski definition) is 1. The third-order valence-electron chi connectivity index (χ3n) is 4.81. The highest BCUT2D eigenvalue weighted by molar-refractivity contribution is 9.10. The zero-order valence-corrected chi connectivity index (χ0v) is 14.3. The lowest BCUT2D eigenvalue weighted by molar-refractivity contribution is 0.118. The molecule has 4 nitrogen and oxygen atoms in total. The van der Waals surface area contributed by atoms with Crippen molar-refractivity contribution in [2.24, 2.45) is 5.92 Å². The fourth-order valence-electron chi connectivity index (χ4n) is 3.46. The minimum absolute atomic E-state index is 0.316. The van der Waals surface area contributed by atoms with E-state index in [1.807, 2.05) is 0 Å². The van der Waals surface area contributed by atoms with Crippen LogP contribution in [-0.4, -0.2) is 39.9 Å². The third kappa shape index (κ3) is 2.68. The highest BCUT2D eigenvalue weighted by Crippen LogP contribution is 2.41. The van der Waals surface area contributed by atoms with Crippen LogP contribution in [0.4, 0.5) is 0 Å². The Balaban J connectivity index is 1.74. The summed E-state index contributed by atoms with van der Waals surface area (Å²) in [6.45, 7) is 12.0. The molecule has 0 spiro atoms. The quantitative estimate of drug-likeness (QED) is 0.914. The van der Waals surface area contributed by atoms with Crippen LogP contribution in [0.15, 0.2) is 4.47 Å². The van der Waals surface area contributed by atoms with Crippen molar-refractivity contribution >= 4 is 15.9 Å². The molecule has 1 aromatic rings. The summed E-state index contributed by atoms with van der Waals surface area (Å²) >= 11 is 3.71. The van der Waals surface area contributed by atoms with Crippen LogP contribution in [-0.2, 0) is 13.1 Å². The molecule has 0 bridgehead atoms. The molecule has 3 rings (SSSR count). The molecule has 2 fully saturated rings. The molecule has 1 unspecified atom stereocenters. The third-order valence-corrected chi connectivity index (χ3v) is 5.85. The summed E-state index contributed by atoms with van der Waals surface area (Å²) in [5.74, 6) is 0.881. The van der Waals surface area contributed by atoms with Gasteiger partial charge in [0, 0.05) is 38.3 Å². The SMILES string of the molecule is CCn1nc(C)c(Br)c1CN1CCNC(C)(C2CC2)C1. The van der Waals surface area contributed by atoms with Gasteiger partial charge in [0.05, 0.1) is 15.9 Å². The average molecular weight is 341 g/mol. The molecular formula is C15H25BrN4. The largest absolute Gasteiger partial charge is 0.309 e. The topological polar surface area (TPSA) is 33.1 Å². The zero-order valence-electron chi connectivity index (χ0n) is 12.7. The van der Waals surface area contributed by atoms with Crippen molar-refractivity contribution in [2.45, 2.75) is 52.2 Å². The van der Waals surface area contributed by atoms with Crippen LogP contribution < -0.4 is 5.32 Å². The first-order chi connectivity index (χ1) is 9.53. The standard InChI is InChI=1S/C15H25BrN4/c1-4-20-13(14(16)11(2)18-20)9-19-8-7-17-15(3,10-19)12-5-6-12/h12,17H,4-10H2,1-3H3. The number of rotatable bonds is 4. The van der Waals surface area contributed by atoms with Gasteiger partial charge in [0.1, 0.15) is 0 Å². The molecule has 1 aliphatic heterocycles. The number of halogens is 1. The summed E-state index contributed by atoms with van der Waals surface area (Å²) < 4.78 is 3.32. The van der Waals surface area contributed by atoms with Crippen molar-refractivity contribution in [3.05, 3.63) is 15.9 Å². The lowest BCUT2D eigenvalue weighted by Gasteiger charge is -2.42. The molecule has 2 aliphatic rings. The Kier molecular flexibility index (Phi) is 3.95. The Hall–Kier alpha value is -0.390. The molecule has 0 aromatic carbocycles. The summed E-state index contributed by atoms with van der Waals surface area (Å²) in [4.78, 5) is 2.59. The summed E-state index contributed by atoms with van der Waals surface area (Å²) in [5.41, 5.74) is 2.74. The molecule has 1 N–H and O–H groups in total. The van der Waals surface area contributed by atoms with Crippen LogP contribution in [0, 0.1) is 12.8 Å². The van der Waals surface area contributed by atoms with Crippen LogP contribution in [0.2, 0.25) is 0 Å². The van der Waals surface area contributed by atoms with Crippen LogP contribution in [0.25, 0.3) is 0 Å². The number of nitrogens with one attached hydrogen (secondary N) is 1. The average Bonchev–Trinajstić information content (AvgIpc) is 3.23. The first-order valence-corrected chi connectivity index (χ1v) is 8.52. The Labute approximate surface area is 130 Å². The van der Waals surface area contributed by atoms with Gasteiger partial charge in [-0.25, -0.2) is 0 Å². The highest BCUT2D eigenvalue weighted by atomic mass is 79.9. The lowest BCUT2D eigenvalue weighted by atomic mass is 9.93. The van der Waals surface area contributed by atoms with Gasteiger partial charge < -0.3 is 5.32 Å². The second kappa shape index (κ2) is 5.43. The molecule has 0 radical (unpaired) electrons. The number of nitrogens with zero attached hydrogens (tertiary/aromatic N) is 3. The van der Waals surface area contributed by atoms with Crippen molar-refractivity contribution in [3.8, 4) is 0 Å². The van der Waals surface area contributed by atoms with E-state index >= 15 is 0 Å². The normalized spacial score (nSPS) is 28.0. The van der Waals surface area contributed by atoms with Gasteiger partial charge in [0.15, 0.2) is 0 Å². The van der Waals surface area contributed by atoms with Crippen molar-refractivity contribution in [3.63, 3.8) is 0 Å². The Morgan fingerprint density at radius 3 is 2.85 bits per heavy atom. The molecule has 1 saturated heterocycles. The van der Waals surface area contributed by atoms with Crippen molar-refractivity contribution in [2.75, 3.05) is 19.6 Å². The first kappa shape index (κ1) is 14.5. The van der Waals surface area contributed by atoms with Crippen LogP contribution in [0.3, 0.4) is 0 Å². The molecule has 1 atom stereocenters. The molecule has 1 aliphatic carbocycles. The number of piperazine rings is 1. The minimum Gasteiger partial charge on any atom is -0.309 e. The van der Waals surface area contributed by atoms with Gasteiger partial charge in [-0.1, -0.05) is 0 Å². The molecular weight excluding hydrogens is 316 g/mol. The molecule has 0 amide bonds. The Morgan fingerprint density at radius 2 is 2.20 bits per heavy atom. The number of hydrogen-bond acceptors (Lipinski definition) is 3. The number of aryl methyl sites for hydroxylation is 2. The molecule has 1 saturated carbocycles. The van der Waals surface area contributed by atoms with Crippen molar-refractivity contribution < 1.29 is 0 Å². The monoisotopic (exact) mass is 340 g/mol. The van der Waals surface area contributed by atoms with E-state index in [1.54, 1.807) is 0 Å². The highest BCUT2D eigenvalue weighted by Gasteiger charge is 2.43. The van der Waals surface area contributed by atoms with Gasteiger partial charge in [-0.05, 0) is 55.5 Å². The second-order valence-electron chi connectivity index (χ2n) is 6.49. The fraction of sp³-hybridized carbons (Fsp3) is 0.800. The Bertz CT molecular complexity index is 494. The predicted molar refractivity (Wildman–Crippen MR) is 84.7 cm³/mol. The van der Waals surface area contributed by atoms with Gasteiger partial charge in [-0.3, -0.25) is 9.58 Å². The van der Waals surface area contributed by atoms with Crippen LogP contribution in [0.1, 0.15) is 38.1 Å². The molecule has 1 aromatic heterocycles. The smallest absolute Gasteiger partial charge is 0.0739 e. The maximum absolute atomic E-state index is 4.61. The van der Waals surface area contributed by atoms with E-state index in [0.29, 0.717) is 5.54 Å². The van der Waals surface area contributed by atoms with Crippen molar-refractivity contribution in [1.82, 2.24) is 20.0 Å². The van der Waals surface area contributed by atoms with Crippen LogP contribution in [0.5, 0.6) is 0 Å². The summed E-state index contributed by atoms with van der Waals surface area (Å²) in [7, 11) is 0. The molecule has 20 heavy (non-hydrogen) atoms. The molecule has 112 valence electrons. The maximum atomic E-state index is 4.61. The van der Waals surface area contributed by atoms with E-state index in [2.05, 4.69) is 56.7 Å². The van der Waals surface area contributed by atoms with Gasteiger partial charge in [0.25, 0.3) is 0 Å². The first-order valence-electron chi connectivity index (χ1n) is 7.72. The van der Waals surface area contributed by atoms with E-state index in [-0.39, 0.29) is 0 Å². The summed E-state index contributed by atoms with van der Waals surface area (Å²) in [6.07, 6.45) is 2.79. The van der Waals surface area contributed by atoms with Gasteiger partial charge in [-0.2, -0.15) is 5.10 Å². The van der Waals surface area contributed by atoms with Crippen molar-refractivity contribution in [1.29, 1.82) is 0 Å². The van der Waals surface area contributed by atoms with Gasteiger partial charge >= 0.3 is 0 Å². The Morgan fingerprint density at radius 1 is 1.45 bits per heavy atom. The van der Waals surface area contributed by atoms with E-state index in [4.69, 9.17) is 0 Å². The summed E-state index contributed by atoms with van der Waals surface area (Å²) in [5, 5.41) is 8.35.